The van der Waals surface area contributed by atoms with E-state index in [0.29, 0.717) is 11.5 Å². The van der Waals surface area contributed by atoms with E-state index in [4.69, 9.17) is 0 Å². The Labute approximate surface area is 108 Å². The van der Waals surface area contributed by atoms with Gasteiger partial charge in [0, 0.05) is 11.4 Å². The largest absolute Gasteiger partial charge is 0.380 e. The Balaban J connectivity index is 1.87. The van der Waals surface area contributed by atoms with Crippen molar-refractivity contribution >= 4 is 16.6 Å². The van der Waals surface area contributed by atoms with Crippen molar-refractivity contribution in [3.63, 3.8) is 0 Å². The quantitative estimate of drug-likeness (QED) is 0.872. The Morgan fingerprint density at radius 2 is 2.11 bits per heavy atom. The van der Waals surface area contributed by atoms with Gasteiger partial charge in [-0.3, -0.25) is 0 Å². The van der Waals surface area contributed by atoms with E-state index in [1.54, 1.807) is 0 Å². The third kappa shape index (κ3) is 2.17. The van der Waals surface area contributed by atoms with Crippen molar-refractivity contribution < 1.29 is 0 Å². The molecule has 1 fully saturated rings. The minimum atomic E-state index is 0.466. The molecule has 0 saturated heterocycles. The summed E-state index contributed by atoms with van der Waals surface area (Å²) in [6.07, 6.45) is 5.60. The fraction of sp³-hybridized carbons (Fsp3) is 0.467. The zero-order valence-electron chi connectivity index (χ0n) is 11.0. The molecule has 0 aliphatic heterocycles. The molecular weight excluding hydrogens is 222 g/mol. The van der Waals surface area contributed by atoms with Crippen molar-refractivity contribution in [1.82, 2.24) is 10.2 Å². The van der Waals surface area contributed by atoms with Gasteiger partial charge in [0.1, 0.15) is 0 Å². The van der Waals surface area contributed by atoms with Crippen LogP contribution >= 0.6 is 0 Å². The molecular formula is C15H19N3. The number of aromatic nitrogens is 2. The first-order valence-electron chi connectivity index (χ1n) is 6.61. The molecule has 3 rings (SSSR count). The fourth-order valence-electron chi connectivity index (χ4n) is 2.90. The Hall–Kier alpha value is -1.64. The normalized spacial score (nSPS) is 22.2. The van der Waals surface area contributed by atoms with Crippen LogP contribution < -0.4 is 5.32 Å². The van der Waals surface area contributed by atoms with Gasteiger partial charge in [0.25, 0.3) is 0 Å². The van der Waals surface area contributed by atoms with Crippen molar-refractivity contribution in [2.75, 3.05) is 5.32 Å². The number of fused-ring (bicyclic) bond motifs is 1. The molecule has 18 heavy (non-hydrogen) atoms. The van der Waals surface area contributed by atoms with Crippen LogP contribution in [0.5, 0.6) is 0 Å². The molecule has 1 atom stereocenters. The van der Waals surface area contributed by atoms with Crippen LogP contribution in [-0.2, 0) is 0 Å². The molecule has 1 unspecified atom stereocenters. The second-order valence-electron chi connectivity index (χ2n) is 6.02. The number of nitrogens with one attached hydrogen (secondary N) is 1. The van der Waals surface area contributed by atoms with Crippen LogP contribution in [0.3, 0.4) is 0 Å². The van der Waals surface area contributed by atoms with Gasteiger partial charge in [0.15, 0.2) is 0 Å². The molecule has 0 spiro atoms. The predicted molar refractivity (Wildman–Crippen MR) is 74.6 cm³/mol. The van der Waals surface area contributed by atoms with Gasteiger partial charge in [-0.1, -0.05) is 32.0 Å². The zero-order chi connectivity index (χ0) is 12.6. The van der Waals surface area contributed by atoms with E-state index in [1.807, 2.05) is 24.4 Å². The second kappa shape index (κ2) is 4.23. The lowest BCUT2D eigenvalue weighted by atomic mass is 9.92. The van der Waals surface area contributed by atoms with Gasteiger partial charge in [-0.25, -0.2) is 0 Å². The number of rotatable bonds is 2. The molecule has 2 aromatic rings. The average Bonchev–Trinajstić information content (AvgIpc) is 2.69. The molecule has 0 bridgehead atoms. The van der Waals surface area contributed by atoms with E-state index in [-0.39, 0.29) is 0 Å². The summed E-state index contributed by atoms with van der Waals surface area (Å²) in [5.74, 6) is 0. The Kier molecular flexibility index (Phi) is 2.69. The van der Waals surface area contributed by atoms with Crippen LogP contribution in [0.4, 0.5) is 5.69 Å². The molecule has 3 heteroatoms. The first-order chi connectivity index (χ1) is 8.64. The number of nitrogens with zero attached hydrogens (tertiary/aromatic N) is 2. The first-order valence-corrected chi connectivity index (χ1v) is 6.61. The molecule has 0 radical (unpaired) electrons. The molecule has 1 aromatic carbocycles. The number of hydrogen-bond acceptors (Lipinski definition) is 3. The van der Waals surface area contributed by atoms with E-state index >= 15 is 0 Å². The summed E-state index contributed by atoms with van der Waals surface area (Å²) in [6.45, 7) is 4.69. The summed E-state index contributed by atoms with van der Waals surface area (Å²) in [7, 11) is 0. The lowest BCUT2D eigenvalue weighted by Gasteiger charge is -2.19. The van der Waals surface area contributed by atoms with E-state index < -0.39 is 0 Å². The Bertz CT molecular complexity index is 557. The van der Waals surface area contributed by atoms with E-state index in [1.165, 1.54) is 19.3 Å². The third-order valence-electron chi connectivity index (χ3n) is 3.87. The number of hydrogen-bond donors (Lipinski definition) is 1. The molecule has 1 saturated carbocycles. The Morgan fingerprint density at radius 3 is 2.89 bits per heavy atom. The average molecular weight is 241 g/mol. The summed E-state index contributed by atoms with van der Waals surface area (Å²) in [4.78, 5) is 0. The maximum atomic E-state index is 4.16. The van der Waals surface area contributed by atoms with Crippen LogP contribution in [0.1, 0.15) is 33.1 Å². The fourth-order valence-corrected chi connectivity index (χ4v) is 2.90. The first kappa shape index (κ1) is 11.5. The van der Waals surface area contributed by atoms with Gasteiger partial charge < -0.3 is 5.32 Å². The summed E-state index contributed by atoms with van der Waals surface area (Å²) in [5, 5.41) is 13.0. The van der Waals surface area contributed by atoms with Crippen molar-refractivity contribution in [1.29, 1.82) is 0 Å². The standard InChI is InChI=1S/C15H19N3/c1-15(2)8-7-11(9-15)17-14-10-16-18-13-6-4-3-5-12(13)14/h3-6,10-11H,7-9H2,1-2H3,(H,17,18). The SMILES string of the molecule is CC1(C)CCC(Nc2cnnc3ccccc23)C1. The van der Waals surface area contributed by atoms with Gasteiger partial charge >= 0.3 is 0 Å². The summed E-state index contributed by atoms with van der Waals surface area (Å²) in [5.41, 5.74) is 2.54. The van der Waals surface area contributed by atoms with Crippen LogP contribution in [-0.4, -0.2) is 16.2 Å². The lowest BCUT2D eigenvalue weighted by molar-refractivity contribution is 0.378. The maximum Gasteiger partial charge on any atom is 0.0950 e. The van der Waals surface area contributed by atoms with E-state index in [9.17, 15) is 0 Å². The monoisotopic (exact) mass is 241 g/mol. The van der Waals surface area contributed by atoms with Gasteiger partial charge in [0.05, 0.1) is 17.4 Å². The molecule has 1 aliphatic rings. The summed E-state index contributed by atoms with van der Waals surface area (Å²) in [6, 6.07) is 8.72. The minimum absolute atomic E-state index is 0.466. The van der Waals surface area contributed by atoms with Crippen LogP contribution in [0.2, 0.25) is 0 Å². The minimum Gasteiger partial charge on any atom is -0.380 e. The summed E-state index contributed by atoms with van der Waals surface area (Å²) < 4.78 is 0. The highest BCUT2D eigenvalue weighted by Gasteiger charge is 2.30. The van der Waals surface area contributed by atoms with Gasteiger partial charge in [-0.05, 0) is 30.7 Å². The maximum absolute atomic E-state index is 4.16. The summed E-state index contributed by atoms with van der Waals surface area (Å²) >= 11 is 0. The molecule has 3 nitrogen and oxygen atoms in total. The topological polar surface area (TPSA) is 37.8 Å². The second-order valence-corrected chi connectivity index (χ2v) is 6.02. The highest BCUT2D eigenvalue weighted by atomic mass is 15.1. The molecule has 0 amide bonds. The van der Waals surface area contributed by atoms with Crippen molar-refractivity contribution in [3.8, 4) is 0 Å². The molecule has 94 valence electrons. The van der Waals surface area contributed by atoms with E-state index in [0.717, 1.165) is 16.6 Å². The lowest BCUT2D eigenvalue weighted by Crippen LogP contribution is -2.18. The highest BCUT2D eigenvalue weighted by molar-refractivity contribution is 5.90. The number of anilines is 1. The van der Waals surface area contributed by atoms with Crippen LogP contribution in [0.15, 0.2) is 30.5 Å². The van der Waals surface area contributed by atoms with Crippen LogP contribution in [0, 0.1) is 5.41 Å². The molecule has 1 aliphatic carbocycles. The van der Waals surface area contributed by atoms with Gasteiger partial charge in [-0.2, -0.15) is 10.2 Å². The third-order valence-corrected chi connectivity index (χ3v) is 3.87. The van der Waals surface area contributed by atoms with Crippen molar-refractivity contribution in [2.24, 2.45) is 5.41 Å². The Morgan fingerprint density at radius 1 is 1.28 bits per heavy atom. The number of benzene rings is 1. The van der Waals surface area contributed by atoms with Crippen molar-refractivity contribution in [3.05, 3.63) is 30.5 Å². The van der Waals surface area contributed by atoms with Crippen molar-refractivity contribution in [2.45, 2.75) is 39.2 Å². The smallest absolute Gasteiger partial charge is 0.0950 e. The van der Waals surface area contributed by atoms with E-state index in [2.05, 4.69) is 35.4 Å². The molecule has 1 heterocycles. The van der Waals surface area contributed by atoms with Crippen LogP contribution in [0.25, 0.3) is 10.9 Å². The van der Waals surface area contributed by atoms with Gasteiger partial charge in [0.2, 0.25) is 0 Å². The highest BCUT2D eigenvalue weighted by Crippen LogP contribution is 2.38. The predicted octanol–water partition coefficient (Wildman–Crippen LogP) is 3.62. The van der Waals surface area contributed by atoms with Gasteiger partial charge in [-0.15, -0.1) is 0 Å². The molecule has 1 N–H and O–H groups in total. The zero-order valence-corrected chi connectivity index (χ0v) is 11.0. The molecule has 1 aromatic heterocycles.